The number of hydrogen-bond donors (Lipinski definition) is 1. The first-order valence-electron chi connectivity index (χ1n) is 8.36. The van der Waals surface area contributed by atoms with Gasteiger partial charge in [0.2, 0.25) is 0 Å². The van der Waals surface area contributed by atoms with E-state index >= 15 is 0 Å². The number of rotatable bonds is 4. The Hall–Kier alpha value is -3.37. The number of aromatic amines is 1. The van der Waals surface area contributed by atoms with E-state index in [-0.39, 0.29) is 27.2 Å². The van der Waals surface area contributed by atoms with Crippen molar-refractivity contribution >= 4 is 28.9 Å². The van der Waals surface area contributed by atoms with Crippen molar-refractivity contribution in [3.63, 3.8) is 0 Å². The lowest BCUT2D eigenvalue weighted by atomic mass is 10.1. The van der Waals surface area contributed by atoms with Crippen molar-refractivity contribution < 1.29 is 9.66 Å². The molecule has 0 unspecified atom stereocenters. The number of nitrogens with one attached hydrogen (secondary N) is 1. The van der Waals surface area contributed by atoms with E-state index in [2.05, 4.69) is 4.98 Å². The second-order valence-electron chi connectivity index (χ2n) is 6.42. The van der Waals surface area contributed by atoms with Crippen molar-refractivity contribution in [2.24, 2.45) is 7.05 Å². The number of halogens is 2. The zero-order valence-corrected chi connectivity index (χ0v) is 17.4. The molecule has 0 bridgehead atoms. The number of aryl methyl sites for hydroxylation is 2. The number of hydrogen-bond acceptors (Lipinski definition) is 6. The Morgan fingerprint density at radius 3 is 2.00 bits per heavy atom. The van der Waals surface area contributed by atoms with Crippen LogP contribution in [-0.2, 0) is 7.05 Å². The Balaban J connectivity index is 2.11. The summed E-state index contributed by atoms with van der Waals surface area (Å²) in [5.41, 5.74) is -1.52. The molecule has 156 valence electrons. The normalized spacial score (nSPS) is 10.8. The van der Waals surface area contributed by atoms with Gasteiger partial charge in [-0.05, 0) is 37.1 Å². The zero-order valence-electron chi connectivity index (χ0n) is 15.9. The van der Waals surface area contributed by atoms with Crippen molar-refractivity contribution in [2.45, 2.75) is 13.8 Å². The molecule has 0 fully saturated rings. The minimum atomic E-state index is -0.878. The molecule has 0 aliphatic heterocycles. The topological polar surface area (TPSA) is 129 Å². The van der Waals surface area contributed by atoms with E-state index < -0.39 is 22.0 Å². The van der Waals surface area contributed by atoms with Crippen molar-refractivity contribution in [3.8, 4) is 17.2 Å². The summed E-state index contributed by atoms with van der Waals surface area (Å²) in [6.07, 6.45) is 0. The van der Waals surface area contributed by atoms with Gasteiger partial charge in [0.25, 0.3) is 5.69 Å². The van der Waals surface area contributed by atoms with Crippen molar-refractivity contribution in [1.82, 2.24) is 14.1 Å². The monoisotopic (exact) mass is 452 g/mol. The number of nitrogens with zero attached hydrogens (tertiary/aromatic N) is 3. The Labute approximate surface area is 178 Å². The number of non-ortho nitro benzene ring substituents is 1. The lowest BCUT2D eigenvalue weighted by molar-refractivity contribution is -0.384. The Morgan fingerprint density at radius 1 is 0.967 bits per heavy atom. The van der Waals surface area contributed by atoms with Gasteiger partial charge < -0.3 is 4.74 Å². The standard InChI is InChI=1S/C18H14Cl2N4O6/c1-8-4-10(23-17(26)21-16(25)22(3)18(23)27)5-9(2)14(8)30-15-12(19)6-11(24(28)29)7-13(15)20/h4-7H,1-3H3,(H,21,25,26). The van der Waals surface area contributed by atoms with Gasteiger partial charge >= 0.3 is 17.1 Å². The molecule has 3 rings (SSSR count). The first kappa shape index (κ1) is 21.3. The molecule has 30 heavy (non-hydrogen) atoms. The molecule has 10 nitrogen and oxygen atoms in total. The van der Waals surface area contributed by atoms with Crippen LogP contribution >= 0.6 is 23.2 Å². The number of nitro groups is 1. The maximum absolute atomic E-state index is 12.4. The first-order chi connectivity index (χ1) is 14.0. The summed E-state index contributed by atoms with van der Waals surface area (Å²) in [5.74, 6) is 0.366. The van der Waals surface area contributed by atoms with E-state index in [0.717, 1.165) is 21.3 Å². The van der Waals surface area contributed by atoms with Gasteiger partial charge in [0, 0.05) is 19.2 Å². The van der Waals surface area contributed by atoms with Crippen LogP contribution in [0.2, 0.25) is 10.0 Å². The van der Waals surface area contributed by atoms with E-state index in [1.807, 2.05) is 0 Å². The largest absolute Gasteiger partial charge is 0.454 e. The van der Waals surface area contributed by atoms with Gasteiger partial charge in [0.05, 0.1) is 20.7 Å². The average Bonchev–Trinajstić information content (AvgIpc) is 2.64. The second-order valence-corrected chi connectivity index (χ2v) is 7.23. The molecule has 2 aromatic carbocycles. The van der Waals surface area contributed by atoms with Gasteiger partial charge in [0.15, 0.2) is 5.75 Å². The minimum Gasteiger partial charge on any atom is -0.454 e. The van der Waals surface area contributed by atoms with Crippen LogP contribution in [0, 0.1) is 24.0 Å². The molecule has 1 heterocycles. The lowest BCUT2D eigenvalue weighted by Crippen LogP contribution is -2.47. The molecular weight excluding hydrogens is 439 g/mol. The van der Waals surface area contributed by atoms with Crippen molar-refractivity contribution in [2.75, 3.05) is 0 Å². The maximum Gasteiger partial charge on any atom is 0.340 e. The molecule has 1 aromatic heterocycles. The third-order valence-electron chi connectivity index (χ3n) is 4.30. The van der Waals surface area contributed by atoms with Gasteiger partial charge in [0.1, 0.15) is 5.75 Å². The molecule has 0 amide bonds. The van der Waals surface area contributed by atoms with E-state index in [1.165, 1.54) is 19.2 Å². The van der Waals surface area contributed by atoms with Crippen molar-refractivity contribution in [1.29, 1.82) is 0 Å². The third kappa shape index (κ3) is 3.74. The highest BCUT2D eigenvalue weighted by molar-refractivity contribution is 6.37. The molecule has 0 saturated heterocycles. The first-order valence-corrected chi connectivity index (χ1v) is 9.12. The van der Waals surface area contributed by atoms with Gasteiger partial charge in [-0.15, -0.1) is 0 Å². The fourth-order valence-corrected chi connectivity index (χ4v) is 3.40. The summed E-state index contributed by atoms with van der Waals surface area (Å²) in [4.78, 5) is 48.5. The van der Waals surface area contributed by atoms with Crippen LogP contribution in [0.25, 0.3) is 5.69 Å². The van der Waals surface area contributed by atoms with E-state index in [4.69, 9.17) is 27.9 Å². The second kappa shape index (κ2) is 7.81. The molecule has 12 heteroatoms. The molecule has 0 atom stereocenters. The molecule has 0 spiro atoms. The highest BCUT2D eigenvalue weighted by Crippen LogP contribution is 2.41. The quantitative estimate of drug-likeness (QED) is 0.478. The smallest absolute Gasteiger partial charge is 0.340 e. The van der Waals surface area contributed by atoms with Crippen LogP contribution in [0.15, 0.2) is 38.6 Å². The summed E-state index contributed by atoms with van der Waals surface area (Å²) in [6, 6.07) is 5.25. The zero-order chi connectivity index (χ0) is 22.3. The Morgan fingerprint density at radius 2 is 1.50 bits per heavy atom. The van der Waals surface area contributed by atoms with E-state index in [9.17, 15) is 24.5 Å². The van der Waals surface area contributed by atoms with Crippen LogP contribution in [0.5, 0.6) is 11.5 Å². The average molecular weight is 453 g/mol. The lowest BCUT2D eigenvalue weighted by Gasteiger charge is -2.16. The van der Waals surface area contributed by atoms with Gasteiger partial charge in [-0.25, -0.2) is 23.5 Å². The van der Waals surface area contributed by atoms with Crippen LogP contribution < -0.4 is 21.8 Å². The van der Waals surface area contributed by atoms with Gasteiger partial charge in [-0.1, -0.05) is 23.2 Å². The predicted molar refractivity (Wildman–Crippen MR) is 111 cm³/mol. The summed E-state index contributed by atoms with van der Waals surface area (Å²) in [7, 11) is 1.24. The number of aromatic nitrogens is 3. The highest BCUT2D eigenvalue weighted by Gasteiger charge is 2.19. The Kier molecular flexibility index (Phi) is 5.55. The fourth-order valence-electron chi connectivity index (χ4n) is 2.85. The SMILES string of the molecule is Cc1cc(-n2c(=O)[nH]c(=O)n(C)c2=O)cc(C)c1Oc1c(Cl)cc([N+](=O)[O-])cc1Cl. The molecule has 0 aliphatic rings. The maximum atomic E-state index is 12.4. The highest BCUT2D eigenvalue weighted by atomic mass is 35.5. The molecule has 0 aliphatic carbocycles. The Bertz CT molecular complexity index is 1330. The van der Waals surface area contributed by atoms with E-state index in [1.54, 1.807) is 13.8 Å². The van der Waals surface area contributed by atoms with E-state index in [0.29, 0.717) is 16.9 Å². The van der Waals surface area contributed by atoms with Crippen LogP contribution in [0.3, 0.4) is 0 Å². The summed E-state index contributed by atoms with van der Waals surface area (Å²) >= 11 is 12.2. The molecule has 0 saturated carbocycles. The number of ether oxygens (including phenoxy) is 1. The van der Waals surface area contributed by atoms with Crippen LogP contribution in [0.1, 0.15) is 11.1 Å². The van der Waals surface area contributed by atoms with Crippen molar-refractivity contribution in [3.05, 3.63) is 87.0 Å². The fraction of sp³-hybridized carbons (Fsp3) is 0.167. The summed E-state index contributed by atoms with van der Waals surface area (Å²) in [5, 5.41) is 10.8. The van der Waals surface area contributed by atoms with Crippen LogP contribution in [0.4, 0.5) is 5.69 Å². The van der Waals surface area contributed by atoms with Gasteiger partial charge in [-0.3, -0.25) is 15.1 Å². The predicted octanol–water partition coefficient (Wildman–Crippen LogP) is 2.85. The molecule has 3 aromatic rings. The third-order valence-corrected chi connectivity index (χ3v) is 4.86. The summed E-state index contributed by atoms with van der Waals surface area (Å²) < 4.78 is 7.40. The number of H-pyrrole nitrogens is 1. The van der Waals surface area contributed by atoms with Gasteiger partial charge in [-0.2, -0.15) is 0 Å². The molecule has 1 N–H and O–H groups in total. The minimum absolute atomic E-state index is 0.0278. The number of nitro benzene ring substituents is 1. The number of benzene rings is 2. The van der Waals surface area contributed by atoms with Crippen LogP contribution in [-0.4, -0.2) is 19.0 Å². The molecular formula is C18H14Cl2N4O6. The summed E-state index contributed by atoms with van der Waals surface area (Å²) in [6.45, 7) is 3.33. The molecule has 0 radical (unpaired) electrons.